The predicted octanol–water partition coefficient (Wildman–Crippen LogP) is 2.55. The summed E-state index contributed by atoms with van der Waals surface area (Å²) in [5.41, 5.74) is 0.824. The van der Waals surface area contributed by atoms with Crippen LogP contribution in [0.1, 0.15) is 39.0 Å². The number of guanidine groups is 1. The van der Waals surface area contributed by atoms with Crippen LogP contribution in [0, 0.1) is 5.92 Å². The maximum atomic E-state index is 11.9. The molecule has 3 N–H and O–H groups in total. The molecule has 1 aliphatic heterocycles. The molecule has 0 aromatic heterocycles. The van der Waals surface area contributed by atoms with Gasteiger partial charge in [0.1, 0.15) is 6.54 Å². The number of nitrogens with one attached hydrogen (secondary N) is 3. The molecular formula is C22H34N4O4. The first-order valence-electron chi connectivity index (χ1n) is 11.0. The standard InChI is InChI=1S/C22H34N4O4/c1-2-9-23-21(27)15-25-22(24-10-3-11-28-16-17-5-6-17)26-18-7-8-19-20(14-18)30-13-4-12-29-19/h7-8,14,17H,2-6,9-13,15-16H2,1H3,(H,23,27)(H2,24,25,26). The molecule has 0 spiro atoms. The van der Waals surface area contributed by atoms with Crippen molar-refractivity contribution in [3.8, 4) is 11.5 Å². The number of benzene rings is 1. The number of ether oxygens (including phenoxy) is 3. The lowest BCUT2D eigenvalue weighted by molar-refractivity contribution is -0.119. The molecule has 8 nitrogen and oxygen atoms in total. The fraction of sp³-hybridized carbons (Fsp3) is 0.636. The Bertz CT molecular complexity index is 706. The number of hydrogen-bond donors (Lipinski definition) is 3. The SMILES string of the molecule is CCCNC(=O)CN=C(NCCCOCC1CC1)Nc1ccc2c(c1)OCCCO2. The number of anilines is 1. The van der Waals surface area contributed by atoms with E-state index >= 15 is 0 Å². The monoisotopic (exact) mass is 418 g/mol. The molecule has 166 valence electrons. The van der Waals surface area contributed by atoms with Gasteiger partial charge in [-0.3, -0.25) is 4.79 Å². The Balaban J connectivity index is 1.53. The summed E-state index contributed by atoms with van der Waals surface area (Å²) < 4.78 is 17.1. The Hall–Kier alpha value is -2.48. The van der Waals surface area contributed by atoms with Crippen LogP contribution in [0.3, 0.4) is 0 Å². The van der Waals surface area contributed by atoms with Gasteiger partial charge in [-0.25, -0.2) is 4.99 Å². The lowest BCUT2D eigenvalue weighted by Gasteiger charge is -2.15. The summed E-state index contributed by atoms with van der Waals surface area (Å²) >= 11 is 0. The highest BCUT2D eigenvalue weighted by molar-refractivity contribution is 5.95. The van der Waals surface area contributed by atoms with Crippen LogP contribution in [0.2, 0.25) is 0 Å². The van der Waals surface area contributed by atoms with Crippen molar-refractivity contribution in [3.05, 3.63) is 18.2 Å². The van der Waals surface area contributed by atoms with Crippen LogP contribution < -0.4 is 25.4 Å². The van der Waals surface area contributed by atoms with Gasteiger partial charge in [-0.2, -0.15) is 0 Å². The maximum absolute atomic E-state index is 11.9. The molecule has 1 fully saturated rings. The normalized spacial score (nSPS) is 16.0. The number of carbonyl (C=O) groups excluding carboxylic acids is 1. The van der Waals surface area contributed by atoms with E-state index in [4.69, 9.17) is 14.2 Å². The molecule has 0 radical (unpaired) electrons. The minimum absolute atomic E-state index is 0.0675. The number of rotatable bonds is 11. The van der Waals surface area contributed by atoms with Crippen LogP contribution in [0.5, 0.6) is 11.5 Å². The second-order valence-electron chi connectivity index (χ2n) is 7.65. The smallest absolute Gasteiger partial charge is 0.241 e. The van der Waals surface area contributed by atoms with Crippen LogP contribution in [0.4, 0.5) is 5.69 Å². The number of nitrogens with zero attached hydrogens (tertiary/aromatic N) is 1. The van der Waals surface area contributed by atoms with E-state index < -0.39 is 0 Å². The Kier molecular flexibility index (Phi) is 9.08. The minimum atomic E-state index is -0.0932. The third-order valence-corrected chi connectivity index (χ3v) is 4.77. The lowest BCUT2D eigenvalue weighted by Crippen LogP contribution is -2.34. The molecule has 1 aromatic rings. The summed E-state index contributed by atoms with van der Waals surface area (Å²) in [7, 11) is 0. The van der Waals surface area contributed by atoms with E-state index in [0.717, 1.165) is 49.8 Å². The third-order valence-electron chi connectivity index (χ3n) is 4.77. The zero-order chi connectivity index (χ0) is 21.0. The van der Waals surface area contributed by atoms with E-state index in [1.54, 1.807) is 0 Å². The number of hydrogen-bond acceptors (Lipinski definition) is 5. The average molecular weight is 419 g/mol. The zero-order valence-corrected chi connectivity index (χ0v) is 17.9. The van der Waals surface area contributed by atoms with Gasteiger partial charge in [-0.1, -0.05) is 6.92 Å². The molecule has 30 heavy (non-hydrogen) atoms. The second-order valence-corrected chi connectivity index (χ2v) is 7.65. The van der Waals surface area contributed by atoms with E-state index in [2.05, 4.69) is 20.9 Å². The number of aliphatic imine (C=N–C) groups is 1. The molecule has 1 aliphatic carbocycles. The van der Waals surface area contributed by atoms with Gasteiger partial charge in [0.05, 0.1) is 13.2 Å². The van der Waals surface area contributed by atoms with Gasteiger partial charge in [-0.05, 0) is 43.7 Å². The van der Waals surface area contributed by atoms with E-state index in [0.29, 0.717) is 38.0 Å². The topological polar surface area (TPSA) is 93.2 Å². The summed E-state index contributed by atoms with van der Waals surface area (Å²) in [6, 6.07) is 5.70. The summed E-state index contributed by atoms with van der Waals surface area (Å²) in [5, 5.41) is 9.39. The molecular weight excluding hydrogens is 384 g/mol. The van der Waals surface area contributed by atoms with Crippen molar-refractivity contribution in [2.24, 2.45) is 10.9 Å². The highest BCUT2D eigenvalue weighted by atomic mass is 16.5. The Morgan fingerprint density at radius 1 is 1.17 bits per heavy atom. The van der Waals surface area contributed by atoms with E-state index in [1.807, 2.05) is 25.1 Å². The largest absolute Gasteiger partial charge is 0.490 e. The first-order valence-corrected chi connectivity index (χ1v) is 11.0. The predicted molar refractivity (Wildman–Crippen MR) is 117 cm³/mol. The van der Waals surface area contributed by atoms with Crippen molar-refractivity contribution in [1.82, 2.24) is 10.6 Å². The fourth-order valence-electron chi connectivity index (χ4n) is 2.90. The fourth-order valence-corrected chi connectivity index (χ4v) is 2.90. The van der Waals surface area contributed by atoms with E-state index in [9.17, 15) is 4.79 Å². The molecule has 1 heterocycles. The van der Waals surface area contributed by atoms with Gasteiger partial charge in [0.2, 0.25) is 5.91 Å². The Labute approximate surface area is 178 Å². The van der Waals surface area contributed by atoms with Crippen LogP contribution >= 0.6 is 0 Å². The summed E-state index contributed by atoms with van der Waals surface area (Å²) in [6.07, 6.45) is 5.23. The van der Waals surface area contributed by atoms with Gasteiger partial charge < -0.3 is 30.2 Å². The molecule has 1 saturated carbocycles. The maximum Gasteiger partial charge on any atom is 0.241 e. The van der Waals surface area contributed by atoms with Gasteiger partial charge >= 0.3 is 0 Å². The zero-order valence-electron chi connectivity index (χ0n) is 17.9. The molecule has 0 unspecified atom stereocenters. The lowest BCUT2D eigenvalue weighted by atomic mass is 10.2. The van der Waals surface area contributed by atoms with Crippen LogP contribution in [-0.2, 0) is 9.53 Å². The van der Waals surface area contributed by atoms with Crippen molar-refractivity contribution in [1.29, 1.82) is 0 Å². The van der Waals surface area contributed by atoms with Gasteiger partial charge in [0.25, 0.3) is 0 Å². The van der Waals surface area contributed by atoms with Crippen molar-refractivity contribution < 1.29 is 19.0 Å². The molecule has 1 aromatic carbocycles. The molecule has 2 aliphatic rings. The number of carbonyl (C=O) groups is 1. The number of fused-ring (bicyclic) bond motifs is 1. The van der Waals surface area contributed by atoms with E-state index in [1.165, 1.54) is 12.8 Å². The third kappa shape index (κ3) is 8.10. The van der Waals surface area contributed by atoms with Crippen LogP contribution in [0.25, 0.3) is 0 Å². The first-order chi connectivity index (χ1) is 14.7. The Morgan fingerprint density at radius 3 is 2.80 bits per heavy atom. The highest BCUT2D eigenvalue weighted by Crippen LogP contribution is 2.32. The molecule has 3 rings (SSSR count). The number of amides is 1. The van der Waals surface area contributed by atoms with Gasteiger partial charge in [-0.15, -0.1) is 0 Å². The molecule has 1 amide bonds. The van der Waals surface area contributed by atoms with Crippen LogP contribution in [-0.4, -0.2) is 57.9 Å². The molecule has 0 atom stereocenters. The van der Waals surface area contributed by atoms with Crippen molar-refractivity contribution in [2.45, 2.75) is 39.0 Å². The Morgan fingerprint density at radius 2 is 2.00 bits per heavy atom. The minimum Gasteiger partial charge on any atom is -0.490 e. The van der Waals surface area contributed by atoms with Gasteiger partial charge in [0, 0.05) is 44.5 Å². The van der Waals surface area contributed by atoms with Crippen molar-refractivity contribution in [3.63, 3.8) is 0 Å². The van der Waals surface area contributed by atoms with Crippen molar-refractivity contribution in [2.75, 3.05) is 51.4 Å². The van der Waals surface area contributed by atoms with Crippen LogP contribution in [0.15, 0.2) is 23.2 Å². The quantitative estimate of drug-likeness (QED) is 0.291. The van der Waals surface area contributed by atoms with Crippen molar-refractivity contribution >= 4 is 17.6 Å². The highest BCUT2D eigenvalue weighted by Gasteiger charge is 2.20. The van der Waals surface area contributed by atoms with E-state index in [-0.39, 0.29) is 12.5 Å². The summed E-state index contributed by atoms with van der Waals surface area (Å²) in [6.45, 7) is 6.33. The summed E-state index contributed by atoms with van der Waals surface area (Å²) in [5.74, 6) is 2.70. The molecule has 0 saturated heterocycles. The molecule has 0 bridgehead atoms. The first kappa shape index (κ1) is 22.2. The molecule has 8 heteroatoms. The van der Waals surface area contributed by atoms with Gasteiger partial charge in [0.15, 0.2) is 17.5 Å². The summed E-state index contributed by atoms with van der Waals surface area (Å²) in [4.78, 5) is 16.4. The average Bonchev–Trinajstić information content (AvgIpc) is 3.59. The second kappa shape index (κ2) is 12.3.